The number of nitrogens with one attached hydrogen (secondary N) is 1. The molecule has 1 heterocycles. The molecule has 0 saturated carbocycles. The third-order valence-electron chi connectivity index (χ3n) is 5.16. The molecule has 130 valence electrons. The average Bonchev–Trinajstić information content (AvgIpc) is 3.06. The summed E-state index contributed by atoms with van der Waals surface area (Å²) in [4.78, 5) is 15.0. The zero-order chi connectivity index (χ0) is 17.1. The van der Waals surface area contributed by atoms with Gasteiger partial charge in [0.2, 0.25) is 0 Å². The smallest absolute Gasteiger partial charge is 0.251 e. The van der Waals surface area contributed by atoms with E-state index in [-0.39, 0.29) is 11.9 Å². The van der Waals surface area contributed by atoms with Gasteiger partial charge in [0.15, 0.2) is 0 Å². The molecule has 2 aromatic carbocycles. The SMILES string of the molecule is O=C(NC1CCc2ccccc21)c1ccc(CN2CCOCC2)cc1. The number of benzene rings is 2. The predicted octanol–water partition coefficient (Wildman–Crippen LogP) is 2.94. The predicted molar refractivity (Wildman–Crippen MR) is 97.5 cm³/mol. The molecular formula is C21H24N2O2. The second-order valence-electron chi connectivity index (χ2n) is 6.85. The van der Waals surface area contributed by atoms with Gasteiger partial charge in [0.05, 0.1) is 19.3 Å². The number of rotatable bonds is 4. The molecule has 1 aliphatic heterocycles. The monoisotopic (exact) mass is 336 g/mol. The Hall–Kier alpha value is -2.17. The lowest BCUT2D eigenvalue weighted by Gasteiger charge is -2.26. The van der Waals surface area contributed by atoms with Gasteiger partial charge in [-0.2, -0.15) is 0 Å². The number of nitrogens with zero attached hydrogens (tertiary/aromatic N) is 1. The first-order valence-electron chi connectivity index (χ1n) is 9.07. The number of amides is 1. The van der Waals surface area contributed by atoms with Crippen molar-refractivity contribution < 1.29 is 9.53 Å². The Kier molecular flexibility index (Phi) is 4.81. The molecule has 0 aromatic heterocycles. The van der Waals surface area contributed by atoms with Crippen molar-refractivity contribution in [1.82, 2.24) is 10.2 Å². The van der Waals surface area contributed by atoms with Crippen LogP contribution >= 0.6 is 0 Å². The summed E-state index contributed by atoms with van der Waals surface area (Å²) in [7, 11) is 0. The van der Waals surface area contributed by atoms with Gasteiger partial charge in [0.1, 0.15) is 0 Å². The van der Waals surface area contributed by atoms with E-state index in [1.165, 1.54) is 16.7 Å². The fraction of sp³-hybridized carbons (Fsp3) is 0.381. The van der Waals surface area contributed by atoms with Crippen LogP contribution in [0.4, 0.5) is 0 Å². The average molecular weight is 336 g/mol. The molecular weight excluding hydrogens is 312 g/mol. The second kappa shape index (κ2) is 7.38. The largest absolute Gasteiger partial charge is 0.379 e. The van der Waals surface area contributed by atoms with Crippen LogP contribution in [0.2, 0.25) is 0 Å². The van der Waals surface area contributed by atoms with Crippen LogP contribution < -0.4 is 5.32 Å². The molecule has 1 unspecified atom stereocenters. The number of carbonyl (C=O) groups is 1. The molecule has 0 spiro atoms. The summed E-state index contributed by atoms with van der Waals surface area (Å²) in [5, 5.41) is 3.19. The van der Waals surface area contributed by atoms with E-state index >= 15 is 0 Å². The van der Waals surface area contributed by atoms with Crippen molar-refractivity contribution in [3.63, 3.8) is 0 Å². The first kappa shape index (κ1) is 16.3. The van der Waals surface area contributed by atoms with Crippen LogP contribution in [0.5, 0.6) is 0 Å². The minimum Gasteiger partial charge on any atom is -0.379 e. The van der Waals surface area contributed by atoms with E-state index < -0.39 is 0 Å². The summed E-state index contributed by atoms with van der Waals surface area (Å²) >= 11 is 0. The molecule has 1 aliphatic carbocycles. The van der Waals surface area contributed by atoms with Crippen LogP contribution in [0.3, 0.4) is 0 Å². The standard InChI is InChI=1S/C21H24N2O2/c24-21(22-20-10-9-17-3-1-2-4-19(17)20)18-7-5-16(6-8-18)15-23-11-13-25-14-12-23/h1-8,20H,9-15H2,(H,22,24). The number of carbonyl (C=O) groups excluding carboxylic acids is 1. The van der Waals surface area contributed by atoms with Gasteiger partial charge in [0.25, 0.3) is 5.91 Å². The first-order valence-corrected chi connectivity index (χ1v) is 9.07. The van der Waals surface area contributed by atoms with Crippen LogP contribution in [0, 0.1) is 0 Å². The van der Waals surface area contributed by atoms with Crippen molar-refractivity contribution >= 4 is 5.91 Å². The maximum Gasteiger partial charge on any atom is 0.251 e. The van der Waals surface area contributed by atoms with Crippen molar-refractivity contribution in [1.29, 1.82) is 0 Å². The van der Waals surface area contributed by atoms with E-state index in [1.54, 1.807) is 0 Å². The molecule has 2 aliphatic rings. The lowest BCUT2D eigenvalue weighted by molar-refractivity contribution is 0.0342. The quantitative estimate of drug-likeness (QED) is 0.933. The number of hydrogen-bond acceptors (Lipinski definition) is 3. The molecule has 1 fully saturated rings. The molecule has 0 radical (unpaired) electrons. The van der Waals surface area contributed by atoms with Crippen molar-refractivity contribution in [3.8, 4) is 0 Å². The summed E-state index contributed by atoms with van der Waals surface area (Å²) in [5.74, 6) is 0.0135. The lowest BCUT2D eigenvalue weighted by Crippen LogP contribution is -2.35. The fourth-order valence-corrected chi connectivity index (χ4v) is 3.73. The highest BCUT2D eigenvalue weighted by molar-refractivity contribution is 5.94. The van der Waals surface area contributed by atoms with Gasteiger partial charge in [-0.3, -0.25) is 9.69 Å². The number of fused-ring (bicyclic) bond motifs is 1. The van der Waals surface area contributed by atoms with Crippen molar-refractivity contribution in [2.75, 3.05) is 26.3 Å². The molecule has 4 nitrogen and oxygen atoms in total. The van der Waals surface area contributed by atoms with Crippen molar-refractivity contribution in [2.24, 2.45) is 0 Å². The zero-order valence-electron chi connectivity index (χ0n) is 14.4. The summed E-state index contributed by atoms with van der Waals surface area (Å²) in [6.07, 6.45) is 2.03. The molecule has 1 N–H and O–H groups in total. The van der Waals surface area contributed by atoms with E-state index in [9.17, 15) is 4.79 Å². The minimum atomic E-state index is 0.0135. The van der Waals surface area contributed by atoms with Gasteiger partial charge in [-0.25, -0.2) is 0 Å². The van der Waals surface area contributed by atoms with E-state index in [2.05, 4.69) is 40.5 Å². The maximum absolute atomic E-state index is 12.6. The summed E-state index contributed by atoms with van der Waals surface area (Å²) in [5.41, 5.74) is 4.59. The molecule has 1 amide bonds. The van der Waals surface area contributed by atoms with Gasteiger partial charge < -0.3 is 10.1 Å². The Balaban J connectivity index is 1.38. The Labute approximate surface area is 148 Å². The number of ether oxygens (including phenoxy) is 1. The fourth-order valence-electron chi connectivity index (χ4n) is 3.73. The van der Waals surface area contributed by atoms with Crippen molar-refractivity contribution in [2.45, 2.75) is 25.4 Å². The van der Waals surface area contributed by atoms with E-state index in [0.29, 0.717) is 0 Å². The van der Waals surface area contributed by atoms with E-state index in [0.717, 1.165) is 51.3 Å². The second-order valence-corrected chi connectivity index (χ2v) is 6.85. The van der Waals surface area contributed by atoms with Crippen LogP contribution in [0.1, 0.15) is 39.5 Å². The van der Waals surface area contributed by atoms with Crippen LogP contribution in [0.15, 0.2) is 48.5 Å². The maximum atomic E-state index is 12.6. The van der Waals surface area contributed by atoms with Gasteiger partial charge in [-0.05, 0) is 41.7 Å². The minimum absolute atomic E-state index is 0.0135. The van der Waals surface area contributed by atoms with Gasteiger partial charge >= 0.3 is 0 Å². The third kappa shape index (κ3) is 3.75. The number of morpholine rings is 1. The molecule has 4 rings (SSSR count). The normalized spacial score (nSPS) is 20.2. The highest BCUT2D eigenvalue weighted by Crippen LogP contribution is 2.30. The van der Waals surface area contributed by atoms with Gasteiger partial charge in [0, 0.05) is 25.2 Å². The highest BCUT2D eigenvalue weighted by Gasteiger charge is 2.23. The third-order valence-corrected chi connectivity index (χ3v) is 5.16. The Morgan fingerprint density at radius 3 is 2.64 bits per heavy atom. The molecule has 0 bridgehead atoms. The lowest BCUT2D eigenvalue weighted by atomic mass is 10.1. The van der Waals surface area contributed by atoms with Gasteiger partial charge in [-0.1, -0.05) is 36.4 Å². The molecule has 25 heavy (non-hydrogen) atoms. The molecule has 4 heteroatoms. The van der Waals surface area contributed by atoms with E-state index in [1.807, 2.05) is 18.2 Å². The highest BCUT2D eigenvalue weighted by atomic mass is 16.5. The Morgan fingerprint density at radius 1 is 1.08 bits per heavy atom. The number of aryl methyl sites for hydroxylation is 1. The van der Waals surface area contributed by atoms with Crippen LogP contribution in [0.25, 0.3) is 0 Å². The Bertz CT molecular complexity index is 736. The molecule has 1 atom stereocenters. The summed E-state index contributed by atoms with van der Waals surface area (Å²) < 4.78 is 5.38. The van der Waals surface area contributed by atoms with Gasteiger partial charge in [-0.15, -0.1) is 0 Å². The van der Waals surface area contributed by atoms with Crippen LogP contribution in [-0.4, -0.2) is 37.1 Å². The molecule has 1 saturated heterocycles. The topological polar surface area (TPSA) is 41.6 Å². The van der Waals surface area contributed by atoms with E-state index in [4.69, 9.17) is 4.74 Å². The molecule has 2 aromatic rings. The zero-order valence-corrected chi connectivity index (χ0v) is 14.4. The Morgan fingerprint density at radius 2 is 1.84 bits per heavy atom. The number of hydrogen-bond donors (Lipinski definition) is 1. The van der Waals surface area contributed by atoms with Crippen LogP contribution in [-0.2, 0) is 17.7 Å². The van der Waals surface area contributed by atoms with Crippen molar-refractivity contribution in [3.05, 3.63) is 70.8 Å². The summed E-state index contributed by atoms with van der Waals surface area (Å²) in [6, 6.07) is 16.5. The first-order chi connectivity index (χ1) is 12.3. The summed E-state index contributed by atoms with van der Waals surface area (Å²) in [6.45, 7) is 4.49.